The summed E-state index contributed by atoms with van der Waals surface area (Å²) in [6.45, 7) is 5.71. The molecule has 0 fully saturated rings. The second-order valence-corrected chi connectivity index (χ2v) is 5.97. The highest BCUT2D eigenvalue weighted by molar-refractivity contribution is 7.22. The number of aromatic nitrogens is 1. The summed E-state index contributed by atoms with van der Waals surface area (Å²) < 4.78 is 1.02. The van der Waals surface area contributed by atoms with Crippen LogP contribution < -0.4 is 10.6 Å². The van der Waals surface area contributed by atoms with Crippen LogP contribution in [0.3, 0.4) is 0 Å². The number of rotatable bonds is 4. The summed E-state index contributed by atoms with van der Waals surface area (Å²) in [6.07, 6.45) is -0.187. The number of aryl methyl sites for hydroxylation is 1. The van der Waals surface area contributed by atoms with Gasteiger partial charge in [-0.1, -0.05) is 17.4 Å². The Morgan fingerprint density at radius 3 is 2.75 bits per heavy atom. The molecule has 106 valence electrons. The number of anilines is 1. The third-order valence-corrected chi connectivity index (χ3v) is 3.49. The van der Waals surface area contributed by atoms with Crippen molar-refractivity contribution < 1.29 is 9.59 Å². The van der Waals surface area contributed by atoms with E-state index in [1.54, 1.807) is 0 Å². The standard InChI is InChI=1S/C14H17N3O2S/c1-8(2)15-12(18)7-13(19)17-14-16-10-5-4-9(3)6-11(10)20-14/h4-6,8H,7H2,1-3H3,(H,15,18)(H,16,17,19). The molecule has 0 atom stereocenters. The molecule has 2 aromatic rings. The van der Waals surface area contributed by atoms with Gasteiger partial charge in [0.1, 0.15) is 6.42 Å². The van der Waals surface area contributed by atoms with E-state index in [1.807, 2.05) is 39.0 Å². The number of thiazole rings is 1. The Morgan fingerprint density at radius 2 is 2.05 bits per heavy atom. The third kappa shape index (κ3) is 3.77. The Balaban J connectivity index is 2.01. The summed E-state index contributed by atoms with van der Waals surface area (Å²) in [6, 6.07) is 5.95. The summed E-state index contributed by atoms with van der Waals surface area (Å²) in [7, 11) is 0. The quantitative estimate of drug-likeness (QED) is 0.850. The minimum atomic E-state index is -0.348. The molecule has 1 aromatic heterocycles. The molecule has 1 heterocycles. The van der Waals surface area contributed by atoms with E-state index in [2.05, 4.69) is 15.6 Å². The Labute approximate surface area is 121 Å². The molecule has 6 heteroatoms. The van der Waals surface area contributed by atoms with Crippen molar-refractivity contribution in [3.05, 3.63) is 23.8 Å². The highest BCUT2D eigenvalue weighted by Gasteiger charge is 2.12. The molecule has 2 N–H and O–H groups in total. The molecule has 0 radical (unpaired) electrons. The van der Waals surface area contributed by atoms with Gasteiger partial charge in [0.15, 0.2) is 5.13 Å². The summed E-state index contributed by atoms with van der Waals surface area (Å²) >= 11 is 1.41. The van der Waals surface area contributed by atoms with Crippen LogP contribution in [-0.2, 0) is 9.59 Å². The first-order valence-electron chi connectivity index (χ1n) is 6.40. The molecule has 2 rings (SSSR count). The first kappa shape index (κ1) is 14.5. The molecular formula is C14H17N3O2S. The fourth-order valence-electron chi connectivity index (χ4n) is 1.77. The molecule has 0 aliphatic carbocycles. The summed E-state index contributed by atoms with van der Waals surface area (Å²) in [5.74, 6) is -0.631. The molecule has 0 saturated heterocycles. The van der Waals surface area contributed by atoms with E-state index in [4.69, 9.17) is 0 Å². The SMILES string of the molecule is Cc1ccc2nc(NC(=O)CC(=O)NC(C)C)sc2c1. The number of carbonyl (C=O) groups excluding carboxylic acids is 2. The van der Waals surface area contributed by atoms with Crippen LogP contribution in [0.4, 0.5) is 5.13 Å². The zero-order chi connectivity index (χ0) is 14.7. The minimum Gasteiger partial charge on any atom is -0.353 e. The highest BCUT2D eigenvalue weighted by atomic mass is 32.1. The van der Waals surface area contributed by atoms with Gasteiger partial charge in [-0.2, -0.15) is 0 Å². The molecule has 0 unspecified atom stereocenters. The van der Waals surface area contributed by atoms with Gasteiger partial charge in [0, 0.05) is 6.04 Å². The van der Waals surface area contributed by atoms with Crippen molar-refractivity contribution in [1.82, 2.24) is 10.3 Å². The normalized spacial score (nSPS) is 10.8. The smallest absolute Gasteiger partial charge is 0.235 e. The number of amides is 2. The Kier molecular flexibility index (Phi) is 4.34. The van der Waals surface area contributed by atoms with E-state index >= 15 is 0 Å². The maximum atomic E-state index is 11.7. The maximum Gasteiger partial charge on any atom is 0.235 e. The van der Waals surface area contributed by atoms with Crippen molar-refractivity contribution >= 4 is 38.5 Å². The fraction of sp³-hybridized carbons (Fsp3) is 0.357. The number of nitrogens with one attached hydrogen (secondary N) is 2. The predicted molar refractivity (Wildman–Crippen MR) is 80.9 cm³/mol. The molecule has 0 saturated carbocycles. The number of fused-ring (bicyclic) bond motifs is 1. The Hall–Kier alpha value is -1.95. The molecule has 0 bridgehead atoms. The van der Waals surface area contributed by atoms with Gasteiger partial charge in [0.25, 0.3) is 0 Å². The third-order valence-electron chi connectivity index (χ3n) is 2.56. The number of hydrogen-bond acceptors (Lipinski definition) is 4. The van der Waals surface area contributed by atoms with E-state index in [0.717, 1.165) is 15.8 Å². The van der Waals surface area contributed by atoms with E-state index < -0.39 is 0 Å². The van der Waals surface area contributed by atoms with Crippen molar-refractivity contribution in [1.29, 1.82) is 0 Å². The summed E-state index contributed by atoms with van der Waals surface area (Å²) in [5.41, 5.74) is 2.00. The zero-order valence-electron chi connectivity index (χ0n) is 11.7. The van der Waals surface area contributed by atoms with Crippen LogP contribution in [0.1, 0.15) is 25.8 Å². The molecule has 1 aromatic carbocycles. The van der Waals surface area contributed by atoms with Crippen molar-refractivity contribution in [2.75, 3.05) is 5.32 Å². The van der Waals surface area contributed by atoms with Crippen LogP contribution in [-0.4, -0.2) is 22.8 Å². The molecule has 2 amide bonds. The molecule has 20 heavy (non-hydrogen) atoms. The van der Waals surface area contributed by atoms with E-state index in [1.165, 1.54) is 11.3 Å². The number of benzene rings is 1. The fourth-order valence-corrected chi connectivity index (χ4v) is 2.75. The van der Waals surface area contributed by atoms with Crippen LogP contribution in [0.15, 0.2) is 18.2 Å². The molecular weight excluding hydrogens is 274 g/mol. The minimum absolute atomic E-state index is 0.0285. The van der Waals surface area contributed by atoms with Gasteiger partial charge in [-0.25, -0.2) is 4.98 Å². The lowest BCUT2D eigenvalue weighted by Gasteiger charge is -2.07. The molecule has 0 aliphatic heterocycles. The molecule has 0 aliphatic rings. The van der Waals surface area contributed by atoms with E-state index in [9.17, 15) is 9.59 Å². The largest absolute Gasteiger partial charge is 0.353 e. The van der Waals surface area contributed by atoms with Crippen LogP contribution >= 0.6 is 11.3 Å². The van der Waals surface area contributed by atoms with Gasteiger partial charge in [-0.15, -0.1) is 0 Å². The van der Waals surface area contributed by atoms with Crippen LogP contribution in [0.2, 0.25) is 0 Å². The van der Waals surface area contributed by atoms with Crippen molar-refractivity contribution in [2.45, 2.75) is 33.2 Å². The second kappa shape index (κ2) is 6.00. The van der Waals surface area contributed by atoms with E-state index in [-0.39, 0.29) is 24.3 Å². The van der Waals surface area contributed by atoms with Crippen LogP contribution in [0.25, 0.3) is 10.2 Å². The van der Waals surface area contributed by atoms with Crippen LogP contribution in [0.5, 0.6) is 0 Å². The average Bonchev–Trinajstić information content (AvgIpc) is 2.68. The first-order valence-corrected chi connectivity index (χ1v) is 7.22. The Morgan fingerprint density at radius 1 is 1.30 bits per heavy atom. The maximum absolute atomic E-state index is 11.7. The number of carbonyl (C=O) groups is 2. The van der Waals surface area contributed by atoms with Crippen molar-refractivity contribution in [3.63, 3.8) is 0 Å². The van der Waals surface area contributed by atoms with Crippen molar-refractivity contribution in [2.24, 2.45) is 0 Å². The lowest BCUT2D eigenvalue weighted by atomic mass is 10.2. The predicted octanol–water partition coefficient (Wildman–Crippen LogP) is 2.46. The van der Waals surface area contributed by atoms with Crippen LogP contribution in [0, 0.1) is 6.92 Å². The highest BCUT2D eigenvalue weighted by Crippen LogP contribution is 2.26. The monoisotopic (exact) mass is 291 g/mol. The lowest BCUT2D eigenvalue weighted by Crippen LogP contribution is -2.33. The summed E-state index contributed by atoms with van der Waals surface area (Å²) in [4.78, 5) is 27.5. The number of hydrogen-bond donors (Lipinski definition) is 2. The Bertz CT molecular complexity index is 649. The second-order valence-electron chi connectivity index (χ2n) is 4.94. The van der Waals surface area contributed by atoms with E-state index in [0.29, 0.717) is 5.13 Å². The van der Waals surface area contributed by atoms with Gasteiger partial charge in [-0.05, 0) is 38.5 Å². The van der Waals surface area contributed by atoms with Gasteiger partial charge in [-0.3, -0.25) is 9.59 Å². The number of nitrogens with zero attached hydrogens (tertiary/aromatic N) is 1. The zero-order valence-corrected chi connectivity index (χ0v) is 12.5. The van der Waals surface area contributed by atoms with Gasteiger partial charge in [0.2, 0.25) is 11.8 Å². The lowest BCUT2D eigenvalue weighted by molar-refractivity contribution is -0.127. The van der Waals surface area contributed by atoms with Gasteiger partial charge in [0.05, 0.1) is 10.2 Å². The van der Waals surface area contributed by atoms with Gasteiger partial charge >= 0.3 is 0 Å². The van der Waals surface area contributed by atoms with Crippen molar-refractivity contribution in [3.8, 4) is 0 Å². The van der Waals surface area contributed by atoms with Gasteiger partial charge < -0.3 is 10.6 Å². The first-order chi connectivity index (χ1) is 9.44. The average molecular weight is 291 g/mol. The molecule has 0 spiro atoms. The molecule has 5 nitrogen and oxygen atoms in total. The topological polar surface area (TPSA) is 71.1 Å². The summed E-state index contributed by atoms with van der Waals surface area (Å²) in [5, 5.41) is 5.86.